The molecule has 2 aromatic heterocycles. The fraction of sp³-hybridized carbons (Fsp3) is 0.235. The van der Waals surface area contributed by atoms with Crippen LogP contribution in [0.2, 0.25) is 0 Å². The summed E-state index contributed by atoms with van der Waals surface area (Å²) < 4.78 is 8.57. The zero-order valence-corrected chi connectivity index (χ0v) is 14.0. The number of hydrogen-bond acceptors (Lipinski definition) is 6. The molecule has 0 fully saturated rings. The Balaban J connectivity index is 1.37. The van der Waals surface area contributed by atoms with E-state index in [4.69, 9.17) is 4.74 Å². The zero-order valence-electron chi connectivity index (χ0n) is 14.0. The number of carbonyl (C=O) groups is 1. The van der Waals surface area contributed by atoms with E-state index in [1.807, 2.05) is 0 Å². The summed E-state index contributed by atoms with van der Waals surface area (Å²) in [6.07, 6.45) is 3.88. The Morgan fingerprint density at radius 3 is 2.73 bits per heavy atom. The highest BCUT2D eigenvalue weighted by atomic mass is 16.5. The lowest BCUT2D eigenvalue weighted by molar-refractivity contribution is -0.123. The van der Waals surface area contributed by atoms with E-state index in [0.29, 0.717) is 25.3 Å². The topological polar surface area (TPSA) is 104 Å². The second-order valence-electron chi connectivity index (χ2n) is 5.47. The van der Waals surface area contributed by atoms with Crippen LogP contribution < -0.4 is 15.6 Å². The van der Waals surface area contributed by atoms with Crippen LogP contribution in [-0.4, -0.2) is 43.8 Å². The largest absolute Gasteiger partial charge is 0.484 e. The number of tetrazole rings is 1. The van der Waals surface area contributed by atoms with Crippen molar-refractivity contribution in [1.82, 2.24) is 30.1 Å². The average molecular weight is 354 g/mol. The SMILES string of the molecule is O=C(COc1ccc(-n2cnnn2)cc1)NCCCn1ccccc1=O. The molecule has 0 atom stereocenters. The molecule has 0 saturated carbocycles. The third-order valence-electron chi connectivity index (χ3n) is 3.62. The van der Waals surface area contributed by atoms with Gasteiger partial charge in [0.15, 0.2) is 6.61 Å². The van der Waals surface area contributed by atoms with Crippen molar-refractivity contribution in [2.45, 2.75) is 13.0 Å². The molecule has 0 saturated heterocycles. The second kappa shape index (κ2) is 8.56. The van der Waals surface area contributed by atoms with Gasteiger partial charge in [0, 0.05) is 25.4 Å². The highest BCUT2D eigenvalue weighted by Gasteiger charge is 2.04. The Bertz CT molecular complexity index is 889. The van der Waals surface area contributed by atoms with Gasteiger partial charge in [0.05, 0.1) is 5.69 Å². The molecule has 3 rings (SSSR count). The van der Waals surface area contributed by atoms with Crippen LogP contribution >= 0.6 is 0 Å². The molecule has 0 aliphatic heterocycles. The van der Waals surface area contributed by atoms with Crippen LogP contribution in [0.25, 0.3) is 5.69 Å². The summed E-state index contributed by atoms with van der Waals surface area (Å²) in [6.45, 7) is 0.955. The average Bonchev–Trinajstić information content (AvgIpc) is 3.20. The molecule has 1 amide bonds. The molecule has 0 aliphatic carbocycles. The van der Waals surface area contributed by atoms with Crippen LogP contribution in [0, 0.1) is 0 Å². The van der Waals surface area contributed by atoms with Crippen molar-refractivity contribution in [3.63, 3.8) is 0 Å². The maximum Gasteiger partial charge on any atom is 0.257 e. The lowest BCUT2D eigenvalue weighted by Crippen LogP contribution is -2.30. The lowest BCUT2D eigenvalue weighted by Gasteiger charge is -2.09. The number of nitrogens with zero attached hydrogens (tertiary/aromatic N) is 5. The van der Waals surface area contributed by atoms with Crippen LogP contribution in [0.15, 0.2) is 59.8 Å². The third kappa shape index (κ3) is 4.76. The van der Waals surface area contributed by atoms with Crippen molar-refractivity contribution in [3.8, 4) is 11.4 Å². The van der Waals surface area contributed by atoms with Gasteiger partial charge in [-0.15, -0.1) is 5.10 Å². The van der Waals surface area contributed by atoms with Gasteiger partial charge in [-0.3, -0.25) is 9.59 Å². The Hall–Kier alpha value is -3.49. The molecule has 26 heavy (non-hydrogen) atoms. The van der Waals surface area contributed by atoms with Gasteiger partial charge in [-0.2, -0.15) is 0 Å². The first-order valence-electron chi connectivity index (χ1n) is 8.11. The monoisotopic (exact) mass is 354 g/mol. The van der Waals surface area contributed by atoms with Crippen molar-refractivity contribution in [2.75, 3.05) is 13.2 Å². The van der Waals surface area contributed by atoms with Crippen molar-refractivity contribution < 1.29 is 9.53 Å². The van der Waals surface area contributed by atoms with E-state index in [9.17, 15) is 9.59 Å². The van der Waals surface area contributed by atoms with Gasteiger partial charge in [0.2, 0.25) is 5.56 Å². The fourth-order valence-corrected chi connectivity index (χ4v) is 2.30. The van der Waals surface area contributed by atoms with E-state index >= 15 is 0 Å². The van der Waals surface area contributed by atoms with E-state index in [1.165, 1.54) is 17.1 Å². The number of rotatable bonds is 8. The van der Waals surface area contributed by atoms with Crippen LogP contribution in [0.5, 0.6) is 5.75 Å². The third-order valence-corrected chi connectivity index (χ3v) is 3.62. The summed E-state index contributed by atoms with van der Waals surface area (Å²) in [5.41, 5.74) is 0.746. The Morgan fingerprint density at radius 1 is 1.15 bits per heavy atom. The molecule has 0 radical (unpaired) electrons. The van der Waals surface area contributed by atoms with E-state index < -0.39 is 0 Å². The van der Waals surface area contributed by atoms with Crippen molar-refractivity contribution >= 4 is 5.91 Å². The summed E-state index contributed by atoms with van der Waals surface area (Å²) in [4.78, 5) is 23.4. The normalized spacial score (nSPS) is 10.5. The fourth-order valence-electron chi connectivity index (χ4n) is 2.30. The number of carbonyl (C=O) groups excluding carboxylic acids is 1. The molecule has 9 heteroatoms. The standard InChI is InChI=1S/C17H18N6O3/c24-16(18-9-3-11-22-10-2-1-4-17(22)25)12-26-15-7-5-14(6-8-15)23-13-19-20-21-23/h1-2,4-8,10,13H,3,9,11-12H2,(H,18,24). The van der Waals surface area contributed by atoms with Gasteiger partial charge in [0.25, 0.3) is 5.91 Å². The molecule has 2 heterocycles. The van der Waals surface area contributed by atoms with Crippen molar-refractivity contribution in [2.24, 2.45) is 0 Å². The van der Waals surface area contributed by atoms with Crippen molar-refractivity contribution in [3.05, 3.63) is 65.3 Å². The summed E-state index contributed by atoms with van der Waals surface area (Å²) in [5, 5.41) is 13.7. The summed E-state index contributed by atoms with van der Waals surface area (Å²) in [5.74, 6) is 0.364. The lowest BCUT2D eigenvalue weighted by atomic mass is 10.3. The molecule has 0 unspecified atom stereocenters. The van der Waals surface area contributed by atoms with E-state index in [1.54, 1.807) is 47.2 Å². The summed E-state index contributed by atoms with van der Waals surface area (Å²) in [7, 11) is 0. The highest BCUT2D eigenvalue weighted by Crippen LogP contribution is 2.13. The second-order valence-corrected chi connectivity index (χ2v) is 5.47. The summed E-state index contributed by atoms with van der Waals surface area (Å²) in [6, 6.07) is 12.1. The molecule has 9 nitrogen and oxygen atoms in total. The number of hydrogen-bond donors (Lipinski definition) is 1. The molecular weight excluding hydrogens is 336 g/mol. The van der Waals surface area contributed by atoms with Gasteiger partial charge >= 0.3 is 0 Å². The van der Waals surface area contributed by atoms with Gasteiger partial charge in [-0.05, 0) is 47.2 Å². The summed E-state index contributed by atoms with van der Waals surface area (Å²) >= 11 is 0. The van der Waals surface area contributed by atoms with Crippen LogP contribution in [0.1, 0.15) is 6.42 Å². The maximum absolute atomic E-state index is 11.8. The Labute approximate surface area is 149 Å². The van der Waals surface area contributed by atoms with Gasteiger partial charge < -0.3 is 14.6 Å². The smallest absolute Gasteiger partial charge is 0.257 e. The minimum absolute atomic E-state index is 0.0488. The minimum Gasteiger partial charge on any atom is -0.484 e. The molecule has 3 aromatic rings. The molecule has 0 spiro atoms. The Kier molecular flexibility index (Phi) is 5.71. The molecule has 0 aliphatic rings. The first kappa shape index (κ1) is 17.3. The molecule has 134 valence electrons. The first-order chi connectivity index (χ1) is 12.7. The molecule has 1 N–H and O–H groups in total. The quantitative estimate of drug-likeness (QED) is 0.588. The predicted octanol–water partition coefficient (Wildman–Crippen LogP) is 0.409. The predicted molar refractivity (Wildman–Crippen MR) is 93.0 cm³/mol. The van der Waals surface area contributed by atoms with Gasteiger partial charge in [-0.25, -0.2) is 4.68 Å². The number of ether oxygens (including phenoxy) is 1. The van der Waals surface area contributed by atoms with Crippen LogP contribution in [0.3, 0.4) is 0 Å². The number of nitrogens with one attached hydrogen (secondary N) is 1. The zero-order chi connectivity index (χ0) is 18.2. The van der Waals surface area contributed by atoms with Gasteiger partial charge in [0.1, 0.15) is 12.1 Å². The van der Waals surface area contributed by atoms with Crippen LogP contribution in [0.4, 0.5) is 0 Å². The number of aromatic nitrogens is 5. The number of amides is 1. The molecular formula is C17H18N6O3. The molecule has 1 aromatic carbocycles. The van der Waals surface area contributed by atoms with Crippen LogP contribution in [-0.2, 0) is 11.3 Å². The first-order valence-corrected chi connectivity index (χ1v) is 8.11. The number of aryl methyl sites for hydroxylation is 1. The van der Waals surface area contributed by atoms with Crippen molar-refractivity contribution in [1.29, 1.82) is 0 Å². The maximum atomic E-state index is 11.8. The number of pyridine rings is 1. The highest BCUT2D eigenvalue weighted by molar-refractivity contribution is 5.77. The van der Waals surface area contributed by atoms with E-state index in [2.05, 4.69) is 20.8 Å². The van der Waals surface area contributed by atoms with E-state index in [0.717, 1.165) is 5.69 Å². The van der Waals surface area contributed by atoms with Gasteiger partial charge in [-0.1, -0.05) is 6.07 Å². The minimum atomic E-state index is -0.213. The molecule has 0 bridgehead atoms. The van der Waals surface area contributed by atoms with E-state index in [-0.39, 0.29) is 18.1 Å². The Morgan fingerprint density at radius 2 is 2.00 bits per heavy atom. The number of benzene rings is 1.